The van der Waals surface area contributed by atoms with Crippen LogP contribution in [-0.2, 0) is 11.2 Å². The third-order valence-electron chi connectivity index (χ3n) is 4.21. The summed E-state index contributed by atoms with van der Waals surface area (Å²) in [5.74, 6) is -0.0950. The number of aryl methyl sites for hydroxylation is 3. The summed E-state index contributed by atoms with van der Waals surface area (Å²) in [6.07, 6.45) is 2.23. The first kappa shape index (κ1) is 18.7. The molecule has 0 saturated heterocycles. The highest BCUT2D eigenvalue weighted by Crippen LogP contribution is 2.12. The fourth-order valence-corrected chi connectivity index (χ4v) is 2.57. The maximum Gasteiger partial charge on any atom is 0.251 e. The molecule has 0 aliphatic carbocycles. The zero-order valence-corrected chi connectivity index (χ0v) is 15.0. The van der Waals surface area contributed by atoms with E-state index in [1.165, 1.54) is 16.7 Å². The molecule has 0 heterocycles. The molecule has 0 saturated carbocycles. The summed E-state index contributed by atoms with van der Waals surface area (Å²) >= 11 is 0. The van der Waals surface area contributed by atoms with Crippen LogP contribution in [0.15, 0.2) is 48.5 Å². The highest BCUT2D eigenvalue weighted by atomic mass is 16.2. The Labute approximate surface area is 149 Å². The Hall–Kier alpha value is -2.62. The molecule has 4 heteroatoms. The van der Waals surface area contributed by atoms with E-state index < -0.39 is 0 Å². The smallest absolute Gasteiger partial charge is 0.251 e. The lowest BCUT2D eigenvalue weighted by Crippen LogP contribution is -2.34. The van der Waals surface area contributed by atoms with Gasteiger partial charge in [0.15, 0.2) is 0 Å². The Kier molecular flexibility index (Phi) is 7.20. The molecule has 0 bridgehead atoms. The van der Waals surface area contributed by atoms with Crippen LogP contribution in [0, 0.1) is 13.8 Å². The van der Waals surface area contributed by atoms with Crippen LogP contribution in [-0.4, -0.2) is 24.9 Å². The van der Waals surface area contributed by atoms with E-state index in [2.05, 4.69) is 42.7 Å². The van der Waals surface area contributed by atoms with Crippen molar-refractivity contribution in [3.05, 3.63) is 70.8 Å². The van der Waals surface area contributed by atoms with Crippen molar-refractivity contribution in [3.63, 3.8) is 0 Å². The molecule has 2 rings (SSSR count). The fourth-order valence-electron chi connectivity index (χ4n) is 2.57. The van der Waals surface area contributed by atoms with Crippen LogP contribution in [0.3, 0.4) is 0 Å². The maximum atomic E-state index is 11.8. The van der Waals surface area contributed by atoms with Crippen LogP contribution in [0.4, 0.5) is 0 Å². The number of carbonyl (C=O) groups excluding carboxylic acids is 2. The van der Waals surface area contributed by atoms with E-state index in [0.29, 0.717) is 25.1 Å². The summed E-state index contributed by atoms with van der Waals surface area (Å²) in [6, 6.07) is 15.5. The quantitative estimate of drug-likeness (QED) is 0.726. The Morgan fingerprint density at radius 2 is 1.60 bits per heavy atom. The molecule has 0 fully saturated rings. The zero-order valence-electron chi connectivity index (χ0n) is 15.0. The average molecular weight is 338 g/mol. The van der Waals surface area contributed by atoms with Crippen LogP contribution in [0.2, 0.25) is 0 Å². The number of hydrogen-bond donors (Lipinski definition) is 2. The SMILES string of the molecule is Cc1ccc(CCCC(=O)NCCNC(=O)c2ccccc2)cc1C. The minimum absolute atomic E-state index is 0.0257. The van der Waals surface area contributed by atoms with Gasteiger partial charge in [-0.1, -0.05) is 36.4 Å². The molecule has 0 aliphatic rings. The lowest BCUT2D eigenvalue weighted by molar-refractivity contribution is -0.121. The second kappa shape index (κ2) is 9.62. The molecule has 2 N–H and O–H groups in total. The van der Waals surface area contributed by atoms with Crippen LogP contribution >= 0.6 is 0 Å². The molecule has 0 spiro atoms. The molecule has 0 radical (unpaired) electrons. The number of hydrogen-bond acceptors (Lipinski definition) is 2. The number of amides is 2. The lowest BCUT2D eigenvalue weighted by atomic mass is 10.0. The molecule has 132 valence electrons. The third-order valence-corrected chi connectivity index (χ3v) is 4.21. The van der Waals surface area contributed by atoms with Crippen molar-refractivity contribution in [1.29, 1.82) is 0 Å². The maximum absolute atomic E-state index is 11.8. The molecule has 0 atom stereocenters. The largest absolute Gasteiger partial charge is 0.354 e. The van der Waals surface area contributed by atoms with Gasteiger partial charge in [0.1, 0.15) is 0 Å². The van der Waals surface area contributed by atoms with Crippen molar-refractivity contribution in [1.82, 2.24) is 10.6 Å². The molecule has 25 heavy (non-hydrogen) atoms. The topological polar surface area (TPSA) is 58.2 Å². The van der Waals surface area contributed by atoms with Gasteiger partial charge in [-0.3, -0.25) is 9.59 Å². The van der Waals surface area contributed by atoms with Crippen molar-refractivity contribution < 1.29 is 9.59 Å². The molecule has 0 unspecified atom stereocenters. The molecule has 4 nitrogen and oxygen atoms in total. The fraction of sp³-hybridized carbons (Fsp3) is 0.333. The monoisotopic (exact) mass is 338 g/mol. The molecule has 0 aliphatic heterocycles. The van der Waals surface area contributed by atoms with Crippen molar-refractivity contribution in [3.8, 4) is 0 Å². The Bertz CT molecular complexity index is 711. The molecule has 0 aromatic heterocycles. The van der Waals surface area contributed by atoms with Gasteiger partial charge in [0.25, 0.3) is 5.91 Å². The first-order chi connectivity index (χ1) is 12.1. The summed E-state index contributed by atoms with van der Waals surface area (Å²) in [4.78, 5) is 23.7. The minimum atomic E-state index is -0.121. The normalized spacial score (nSPS) is 10.3. The van der Waals surface area contributed by atoms with Gasteiger partial charge in [-0.05, 0) is 55.5 Å². The van der Waals surface area contributed by atoms with E-state index >= 15 is 0 Å². The van der Waals surface area contributed by atoms with E-state index in [1.807, 2.05) is 18.2 Å². The van der Waals surface area contributed by atoms with E-state index in [9.17, 15) is 9.59 Å². The molecule has 2 amide bonds. The van der Waals surface area contributed by atoms with Crippen LogP contribution in [0.5, 0.6) is 0 Å². The van der Waals surface area contributed by atoms with E-state index in [4.69, 9.17) is 0 Å². The van der Waals surface area contributed by atoms with Crippen molar-refractivity contribution in [2.24, 2.45) is 0 Å². The second-order valence-electron chi connectivity index (χ2n) is 6.24. The van der Waals surface area contributed by atoms with Gasteiger partial charge in [0, 0.05) is 25.1 Å². The molecule has 2 aromatic rings. The van der Waals surface area contributed by atoms with Crippen molar-refractivity contribution in [2.45, 2.75) is 33.1 Å². The van der Waals surface area contributed by atoms with Gasteiger partial charge in [-0.25, -0.2) is 0 Å². The summed E-state index contributed by atoms with van der Waals surface area (Å²) in [7, 11) is 0. The predicted molar refractivity (Wildman–Crippen MR) is 101 cm³/mol. The van der Waals surface area contributed by atoms with Crippen molar-refractivity contribution >= 4 is 11.8 Å². The number of benzene rings is 2. The van der Waals surface area contributed by atoms with Gasteiger partial charge in [0.05, 0.1) is 0 Å². The minimum Gasteiger partial charge on any atom is -0.354 e. The number of nitrogens with one attached hydrogen (secondary N) is 2. The highest BCUT2D eigenvalue weighted by molar-refractivity contribution is 5.94. The second-order valence-corrected chi connectivity index (χ2v) is 6.24. The van der Waals surface area contributed by atoms with Gasteiger partial charge in [-0.2, -0.15) is 0 Å². The third kappa shape index (κ3) is 6.42. The van der Waals surface area contributed by atoms with Crippen LogP contribution in [0.25, 0.3) is 0 Å². The molecular formula is C21H26N2O2. The summed E-state index contributed by atoms with van der Waals surface area (Å²) in [6.45, 7) is 5.08. The van der Waals surface area contributed by atoms with E-state index in [0.717, 1.165) is 12.8 Å². The first-order valence-electron chi connectivity index (χ1n) is 8.72. The molecular weight excluding hydrogens is 312 g/mol. The number of carbonyl (C=O) groups is 2. The van der Waals surface area contributed by atoms with Crippen molar-refractivity contribution in [2.75, 3.05) is 13.1 Å². The first-order valence-corrected chi connectivity index (χ1v) is 8.72. The van der Waals surface area contributed by atoms with E-state index in [-0.39, 0.29) is 11.8 Å². The van der Waals surface area contributed by atoms with Gasteiger partial charge >= 0.3 is 0 Å². The van der Waals surface area contributed by atoms with Gasteiger partial charge in [-0.15, -0.1) is 0 Å². The Morgan fingerprint density at radius 1 is 0.880 bits per heavy atom. The Morgan fingerprint density at radius 3 is 2.32 bits per heavy atom. The average Bonchev–Trinajstić information content (AvgIpc) is 2.62. The summed E-state index contributed by atoms with van der Waals surface area (Å²) in [5.41, 5.74) is 4.48. The number of rotatable bonds is 8. The van der Waals surface area contributed by atoms with Gasteiger partial charge in [0.2, 0.25) is 5.91 Å². The summed E-state index contributed by atoms with van der Waals surface area (Å²) < 4.78 is 0. The summed E-state index contributed by atoms with van der Waals surface area (Å²) in [5, 5.41) is 5.64. The van der Waals surface area contributed by atoms with Crippen LogP contribution < -0.4 is 10.6 Å². The highest BCUT2D eigenvalue weighted by Gasteiger charge is 2.05. The lowest BCUT2D eigenvalue weighted by Gasteiger charge is -2.08. The van der Waals surface area contributed by atoms with Gasteiger partial charge < -0.3 is 10.6 Å². The predicted octanol–water partition coefficient (Wildman–Crippen LogP) is 3.17. The van der Waals surface area contributed by atoms with E-state index in [1.54, 1.807) is 12.1 Å². The molecule has 2 aromatic carbocycles. The van der Waals surface area contributed by atoms with Crippen LogP contribution in [0.1, 0.15) is 39.9 Å². The zero-order chi connectivity index (χ0) is 18.1. The Balaban J connectivity index is 1.59. The standard InChI is InChI=1S/C21H26N2O2/c1-16-11-12-18(15-17(16)2)7-6-10-20(24)22-13-14-23-21(25)19-8-4-3-5-9-19/h3-5,8-9,11-12,15H,6-7,10,13-14H2,1-2H3,(H,22,24)(H,23,25).